The van der Waals surface area contributed by atoms with Crippen LogP contribution in [0.1, 0.15) is 43.2 Å². The summed E-state index contributed by atoms with van der Waals surface area (Å²) in [5, 5.41) is 0. The predicted molar refractivity (Wildman–Crippen MR) is 114 cm³/mol. The molecule has 0 aliphatic heterocycles. The second-order valence-corrected chi connectivity index (χ2v) is 7.38. The van der Waals surface area contributed by atoms with Crippen molar-refractivity contribution in [2.75, 3.05) is 7.11 Å². The maximum Gasteiger partial charge on any atom is 0.335 e. The van der Waals surface area contributed by atoms with Gasteiger partial charge >= 0.3 is 5.97 Å². The van der Waals surface area contributed by atoms with Gasteiger partial charge in [0.25, 0.3) is 5.91 Å². The van der Waals surface area contributed by atoms with Crippen molar-refractivity contribution in [3.05, 3.63) is 65.5 Å². The van der Waals surface area contributed by atoms with Gasteiger partial charge in [0, 0.05) is 6.08 Å². The number of ether oxygens (including phenoxy) is 2. The standard InChI is InChI=1S/C24H26FNO5/c1-29-22-15-17(9-13-21(22)30-16-18-7-11-20(25)12-8-18)10-14-23(27)26-31-24(28)19-5-3-2-4-6-19/h7-15,19H,2-6,16H2,1H3,(H,26,27). The molecule has 0 unspecified atom stereocenters. The fourth-order valence-corrected chi connectivity index (χ4v) is 3.38. The summed E-state index contributed by atoms with van der Waals surface area (Å²) in [5.41, 5.74) is 3.71. The summed E-state index contributed by atoms with van der Waals surface area (Å²) < 4.78 is 24.1. The Balaban J connectivity index is 1.52. The number of hydroxylamine groups is 1. The van der Waals surface area contributed by atoms with Crippen LogP contribution in [-0.2, 0) is 21.0 Å². The number of hydrogen-bond donors (Lipinski definition) is 1. The smallest absolute Gasteiger partial charge is 0.335 e. The maximum atomic E-state index is 13.0. The molecule has 0 aromatic heterocycles. The zero-order valence-corrected chi connectivity index (χ0v) is 17.4. The lowest BCUT2D eigenvalue weighted by molar-refractivity contribution is -0.161. The fourth-order valence-electron chi connectivity index (χ4n) is 3.38. The third kappa shape index (κ3) is 6.84. The second kappa shape index (κ2) is 11.2. The van der Waals surface area contributed by atoms with Crippen LogP contribution in [0.15, 0.2) is 48.5 Å². The first-order valence-electron chi connectivity index (χ1n) is 10.3. The van der Waals surface area contributed by atoms with Gasteiger partial charge in [-0.25, -0.2) is 9.18 Å². The van der Waals surface area contributed by atoms with Gasteiger partial charge in [-0.05, 0) is 54.3 Å². The Bertz CT molecular complexity index is 920. The molecule has 0 spiro atoms. The second-order valence-electron chi connectivity index (χ2n) is 7.38. The molecular weight excluding hydrogens is 401 g/mol. The van der Waals surface area contributed by atoms with Crippen molar-refractivity contribution in [3.8, 4) is 11.5 Å². The number of halogens is 1. The van der Waals surface area contributed by atoms with Crippen LogP contribution in [0.5, 0.6) is 11.5 Å². The lowest BCUT2D eigenvalue weighted by atomic mass is 9.89. The van der Waals surface area contributed by atoms with Crippen molar-refractivity contribution < 1.29 is 28.3 Å². The van der Waals surface area contributed by atoms with Crippen LogP contribution < -0.4 is 15.0 Å². The van der Waals surface area contributed by atoms with Crippen LogP contribution in [0.3, 0.4) is 0 Å². The van der Waals surface area contributed by atoms with E-state index in [1.165, 1.54) is 25.3 Å². The van der Waals surface area contributed by atoms with Crippen molar-refractivity contribution in [3.63, 3.8) is 0 Å². The largest absolute Gasteiger partial charge is 0.493 e. The van der Waals surface area contributed by atoms with Crippen molar-refractivity contribution >= 4 is 18.0 Å². The van der Waals surface area contributed by atoms with E-state index in [0.29, 0.717) is 17.1 Å². The zero-order chi connectivity index (χ0) is 22.1. The minimum Gasteiger partial charge on any atom is -0.493 e. The Kier molecular flexibility index (Phi) is 8.04. The van der Waals surface area contributed by atoms with Crippen molar-refractivity contribution in [1.29, 1.82) is 0 Å². The summed E-state index contributed by atoms with van der Waals surface area (Å²) in [6.45, 7) is 0.264. The van der Waals surface area contributed by atoms with Gasteiger partial charge in [-0.3, -0.25) is 4.79 Å². The van der Waals surface area contributed by atoms with E-state index >= 15 is 0 Å². The highest BCUT2D eigenvalue weighted by molar-refractivity contribution is 5.92. The van der Waals surface area contributed by atoms with E-state index in [-0.39, 0.29) is 24.3 Å². The minimum atomic E-state index is -0.528. The van der Waals surface area contributed by atoms with Crippen LogP contribution in [0, 0.1) is 11.7 Å². The van der Waals surface area contributed by atoms with Crippen LogP contribution >= 0.6 is 0 Å². The molecule has 1 N–H and O–H groups in total. The first kappa shape index (κ1) is 22.3. The lowest BCUT2D eigenvalue weighted by Gasteiger charge is -2.19. The summed E-state index contributed by atoms with van der Waals surface area (Å²) in [6.07, 6.45) is 7.63. The molecule has 0 radical (unpaired) electrons. The zero-order valence-electron chi connectivity index (χ0n) is 17.4. The number of carbonyl (C=O) groups is 2. The molecule has 1 amide bonds. The van der Waals surface area contributed by atoms with Crippen LogP contribution in [-0.4, -0.2) is 19.0 Å². The van der Waals surface area contributed by atoms with Gasteiger partial charge in [-0.15, -0.1) is 0 Å². The van der Waals surface area contributed by atoms with Crippen LogP contribution in [0.25, 0.3) is 6.08 Å². The molecule has 0 bridgehead atoms. The third-order valence-electron chi connectivity index (χ3n) is 5.11. The number of hydrogen-bond acceptors (Lipinski definition) is 5. The first-order valence-corrected chi connectivity index (χ1v) is 10.3. The number of rotatable bonds is 7. The summed E-state index contributed by atoms with van der Waals surface area (Å²) in [6, 6.07) is 11.3. The first-order chi connectivity index (χ1) is 15.0. The van der Waals surface area contributed by atoms with E-state index < -0.39 is 5.91 Å². The highest BCUT2D eigenvalue weighted by atomic mass is 19.1. The van der Waals surface area contributed by atoms with Crippen molar-refractivity contribution in [2.45, 2.75) is 38.7 Å². The van der Waals surface area contributed by atoms with Gasteiger partial charge in [-0.1, -0.05) is 37.5 Å². The molecule has 0 heterocycles. The monoisotopic (exact) mass is 427 g/mol. The summed E-state index contributed by atoms with van der Waals surface area (Å²) >= 11 is 0. The van der Waals surface area contributed by atoms with Crippen molar-refractivity contribution in [2.24, 2.45) is 5.92 Å². The van der Waals surface area contributed by atoms with E-state index in [2.05, 4.69) is 5.48 Å². The Labute approximate surface area is 181 Å². The Morgan fingerprint density at radius 3 is 2.52 bits per heavy atom. The molecule has 0 atom stereocenters. The Morgan fingerprint density at radius 2 is 1.81 bits per heavy atom. The lowest BCUT2D eigenvalue weighted by Crippen LogP contribution is -2.30. The molecule has 1 fully saturated rings. The summed E-state index contributed by atoms with van der Waals surface area (Å²) in [4.78, 5) is 28.8. The molecule has 2 aromatic rings. The van der Waals surface area contributed by atoms with Gasteiger partial charge in [0.05, 0.1) is 13.0 Å². The Morgan fingerprint density at radius 1 is 1.06 bits per heavy atom. The van der Waals surface area contributed by atoms with E-state index in [1.54, 1.807) is 36.4 Å². The number of carbonyl (C=O) groups excluding carboxylic acids is 2. The van der Waals surface area contributed by atoms with Crippen LogP contribution in [0.4, 0.5) is 4.39 Å². The van der Waals surface area contributed by atoms with E-state index in [1.807, 2.05) is 0 Å². The SMILES string of the molecule is COc1cc(C=CC(=O)NOC(=O)C2CCCCC2)ccc1OCc1ccc(F)cc1. The van der Waals surface area contributed by atoms with Crippen LogP contribution in [0.2, 0.25) is 0 Å². The molecule has 6 nitrogen and oxygen atoms in total. The topological polar surface area (TPSA) is 73.9 Å². The number of amides is 1. The average molecular weight is 427 g/mol. The molecule has 1 aliphatic carbocycles. The van der Waals surface area contributed by atoms with E-state index in [0.717, 1.165) is 37.7 Å². The molecule has 31 heavy (non-hydrogen) atoms. The highest BCUT2D eigenvalue weighted by Gasteiger charge is 2.23. The predicted octanol–water partition coefficient (Wildman–Crippen LogP) is 4.58. The summed E-state index contributed by atoms with van der Waals surface area (Å²) in [5.74, 6) is -0.330. The molecule has 2 aromatic carbocycles. The third-order valence-corrected chi connectivity index (χ3v) is 5.11. The molecule has 1 aliphatic rings. The van der Waals surface area contributed by atoms with E-state index in [9.17, 15) is 14.0 Å². The molecular formula is C24H26FNO5. The molecule has 0 saturated heterocycles. The molecule has 7 heteroatoms. The number of nitrogens with one attached hydrogen (secondary N) is 1. The number of methoxy groups -OCH3 is 1. The Hall–Kier alpha value is -3.35. The average Bonchev–Trinajstić information content (AvgIpc) is 2.81. The quantitative estimate of drug-likeness (QED) is 0.517. The number of benzene rings is 2. The normalized spacial score (nSPS) is 14.3. The van der Waals surface area contributed by atoms with Gasteiger partial charge in [0.1, 0.15) is 12.4 Å². The van der Waals surface area contributed by atoms with Gasteiger partial charge in [0.2, 0.25) is 0 Å². The van der Waals surface area contributed by atoms with Crippen molar-refractivity contribution in [1.82, 2.24) is 5.48 Å². The summed E-state index contributed by atoms with van der Waals surface area (Å²) in [7, 11) is 1.52. The van der Waals surface area contributed by atoms with E-state index in [4.69, 9.17) is 14.3 Å². The maximum absolute atomic E-state index is 13.0. The molecule has 3 rings (SSSR count). The fraction of sp³-hybridized carbons (Fsp3) is 0.333. The molecule has 1 saturated carbocycles. The van der Waals surface area contributed by atoms with Gasteiger partial charge < -0.3 is 14.3 Å². The van der Waals surface area contributed by atoms with Gasteiger partial charge in [-0.2, -0.15) is 5.48 Å². The molecule has 164 valence electrons. The van der Waals surface area contributed by atoms with Gasteiger partial charge in [0.15, 0.2) is 11.5 Å². The minimum absolute atomic E-state index is 0.134. The highest BCUT2D eigenvalue weighted by Crippen LogP contribution is 2.29.